The number of carbonyl (C=O) groups is 1. The lowest BCUT2D eigenvalue weighted by molar-refractivity contribution is 0.102. The fraction of sp³-hybridized carbons (Fsp3) is 0.250. The summed E-state index contributed by atoms with van der Waals surface area (Å²) in [6, 6.07) is 3.33. The summed E-state index contributed by atoms with van der Waals surface area (Å²) in [5, 5.41) is 15.4. The SMILES string of the molecule is Cc1nc(NC(=O)c2ccc3nnc(C)n3n2)sc1C. The zero-order chi connectivity index (χ0) is 14.3. The molecule has 1 N–H and O–H groups in total. The van der Waals surface area contributed by atoms with Gasteiger partial charge < -0.3 is 0 Å². The fourth-order valence-electron chi connectivity index (χ4n) is 1.70. The van der Waals surface area contributed by atoms with E-state index in [2.05, 4.69) is 25.6 Å². The van der Waals surface area contributed by atoms with E-state index in [0.717, 1.165) is 10.6 Å². The van der Waals surface area contributed by atoms with Crippen LogP contribution >= 0.6 is 11.3 Å². The molecule has 8 heteroatoms. The predicted molar refractivity (Wildman–Crippen MR) is 75.1 cm³/mol. The molecule has 0 aromatic carbocycles. The van der Waals surface area contributed by atoms with Crippen molar-refractivity contribution in [2.75, 3.05) is 5.32 Å². The minimum Gasteiger partial charge on any atom is -0.296 e. The maximum Gasteiger partial charge on any atom is 0.277 e. The van der Waals surface area contributed by atoms with Crippen LogP contribution in [0.15, 0.2) is 12.1 Å². The Bertz CT molecular complexity index is 786. The highest BCUT2D eigenvalue weighted by Crippen LogP contribution is 2.21. The van der Waals surface area contributed by atoms with Crippen LogP contribution in [0.1, 0.15) is 26.9 Å². The van der Waals surface area contributed by atoms with Crippen molar-refractivity contribution in [3.8, 4) is 0 Å². The first-order valence-corrected chi connectivity index (χ1v) is 6.80. The summed E-state index contributed by atoms with van der Waals surface area (Å²) in [5.74, 6) is 0.337. The molecule has 3 rings (SSSR count). The second-order valence-corrected chi connectivity index (χ2v) is 5.55. The van der Waals surface area contributed by atoms with E-state index in [-0.39, 0.29) is 5.91 Å². The van der Waals surface area contributed by atoms with Gasteiger partial charge in [-0.05, 0) is 32.9 Å². The average molecular weight is 288 g/mol. The van der Waals surface area contributed by atoms with E-state index in [9.17, 15) is 4.79 Å². The van der Waals surface area contributed by atoms with Gasteiger partial charge in [-0.2, -0.15) is 9.61 Å². The van der Waals surface area contributed by atoms with E-state index >= 15 is 0 Å². The summed E-state index contributed by atoms with van der Waals surface area (Å²) in [5.41, 5.74) is 1.83. The van der Waals surface area contributed by atoms with Crippen LogP contribution in [0.5, 0.6) is 0 Å². The molecule has 0 saturated carbocycles. The zero-order valence-corrected chi connectivity index (χ0v) is 12.0. The molecule has 0 bridgehead atoms. The first-order chi connectivity index (χ1) is 9.54. The van der Waals surface area contributed by atoms with Crippen LogP contribution < -0.4 is 5.32 Å². The number of nitrogens with one attached hydrogen (secondary N) is 1. The van der Waals surface area contributed by atoms with Gasteiger partial charge in [0.05, 0.1) is 5.69 Å². The number of hydrogen-bond donors (Lipinski definition) is 1. The number of thiazole rings is 1. The summed E-state index contributed by atoms with van der Waals surface area (Å²) >= 11 is 1.44. The van der Waals surface area contributed by atoms with E-state index in [4.69, 9.17) is 0 Å². The molecular formula is C12H12N6OS. The van der Waals surface area contributed by atoms with Crippen LogP contribution in [0.25, 0.3) is 5.65 Å². The molecule has 0 unspecified atom stereocenters. The Labute approximate surface area is 118 Å². The number of anilines is 1. The molecule has 0 saturated heterocycles. The fourth-order valence-corrected chi connectivity index (χ4v) is 2.51. The number of nitrogens with zero attached hydrogens (tertiary/aromatic N) is 5. The summed E-state index contributed by atoms with van der Waals surface area (Å²) in [6.07, 6.45) is 0. The average Bonchev–Trinajstić information content (AvgIpc) is 2.93. The van der Waals surface area contributed by atoms with Gasteiger partial charge in [0.2, 0.25) is 0 Å². The largest absolute Gasteiger partial charge is 0.296 e. The summed E-state index contributed by atoms with van der Waals surface area (Å²) in [4.78, 5) is 17.5. The van der Waals surface area contributed by atoms with Crippen LogP contribution in [-0.4, -0.2) is 30.7 Å². The highest BCUT2D eigenvalue weighted by Gasteiger charge is 2.13. The van der Waals surface area contributed by atoms with E-state index in [0.29, 0.717) is 22.3 Å². The van der Waals surface area contributed by atoms with Crippen molar-refractivity contribution in [3.63, 3.8) is 0 Å². The Kier molecular flexibility index (Phi) is 2.94. The highest BCUT2D eigenvalue weighted by molar-refractivity contribution is 7.15. The van der Waals surface area contributed by atoms with Crippen molar-refractivity contribution < 1.29 is 4.79 Å². The number of fused-ring (bicyclic) bond motifs is 1. The standard InChI is InChI=1S/C12H12N6OS/c1-6-7(2)20-12(13-6)14-11(19)9-4-5-10-16-15-8(3)18(10)17-9/h4-5H,1-3H3,(H,13,14,19). The minimum atomic E-state index is -0.297. The minimum absolute atomic E-state index is 0.297. The van der Waals surface area contributed by atoms with Crippen molar-refractivity contribution in [2.24, 2.45) is 0 Å². The van der Waals surface area contributed by atoms with Crippen molar-refractivity contribution in [2.45, 2.75) is 20.8 Å². The zero-order valence-electron chi connectivity index (χ0n) is 11.2. The van der Waals surface area contributed by atoms with Crippen LogP contribution in [0.3, 0.4) is 0 Å². The number of amides is 1. The highest BCUT2D eigenvalue weighted by atomic mass is 32.1. The summed E-state index contributed by atoms with van der Waals surface area (Å²) in [7, 11) is 0. The van der Waals surface area contributed by atoms with Gasteiger partial charge >= 0.3 is 0 Å². The molecule has 3 heterocycles. The number of aryl methyl sites for hydroxylation is 3. The second kappa shape index (κ2) is 4.64. The Hall–Kier alpha value is -2.35. The van der Waals surface area contributed by atoms with E-state index in [1.807, 2.05) is 13.8 Å². The van der Waals surface area contributed by atoms with Gasteiger partial charge in [0, 0.05) is 4.88 Å². The quantitative estimate of drug-likeness (QED) is 0.776. The molecule has 3 aromatic rings. The Morgan fingerprint density at radius 3 is 2.75 bits per heavy atom. The molecule has 7 nitrogen and oxygen atoms in total. The van der Waals surface area contributed by atoms with Crippen LogP contribution in [0.2, 0.25) is 0 Å². The van der Waals surface area contributed by atoms with E-state index in [1.54, 1.807) is 19.1 Å². The number of hydrogen-bond acceptors (Lipinski definition) is 6. The first-order valence-electron chi connectivity index (χ1n) is 5.99. The molecule has 3 aromatic heterocycles. The van der Waals surface area contributed by atoms with Crippen molar-refractivity contribution in [1.29, 1.82) is 0 Å². The number of rotatable bonds is 2. The number of carbonyl (C=O) groups excluding carboxylic acids is 1. The molecule has 0 spiro atoms. The predicted octanol–water partition coefficient (Wildman–Crippen LogP) is 1.76. The van der Waals surface area contributed by atoms with Crippen molar-refractivity contribution in [3.05, 3.63) is 34.2 Å². The van der Waals surface area contributed by atoms with E-state index < -0.39 is 0 Å². The topological polar surface area (TPSA) is 85.1 Å². The Morgan fingerprint density at radius 1 is 1.25 bits per heavy atom. The van der Waals surface area contributed by atoms with Gasteiger partial charge in [0.1, 0.15) is 5.69 Å². The maximum absolute atomic E-state index is 12.2. The summed E-state index contributed by atoms with van der Waals surface area (Å²) in [6.45, 7) is 5.65. The molecule has 0 aliphatic rings. The normalized spacial score (nSPS) is 10.9. The third-order valence-corrected chi connectivity index (χ3v) is 3.89. The molecule has 0 radical (unpaired) electrons. The molecule has 102 valence electrons. The van der Waals surface area contributed by atoms with Gasteiger partial charge in [-0.25, -0.2) is 4.98 Å². The second-order valence-electron chi connectivity index (χ2n) is 4.35. The first kappa shape index (κ1) is 12.7. The smallest absolute Gasteiger partial charge is 0.277 e. The third kappa shape index (κ3) is 2.14. The van der Waals surface area contributed by atoms with Gasteiger partial charge in [-0.15, -0.1) is 21.5 Å². The molecule has 0 atom stereocenters. The van der Waals surface area contributed by atoms with Crippen LogP contribution in [-0.2, 0) is 0 Å². The molecule has 20 heavy (non-hydrogen) atoms. The molecule has 0 aliphatic heterocycles. The Morgan fingerprint density at radius 2 is 2.05 bits per heavy atom. The lowest BCUT2D eigenvalue weighted by Gasteiger charge is -2.01. The van der Waals surface area contributed by atoms with E-state index in [1.165, 1.54) is 15.9 Å². The molecule has 1 amide bonds. The number of aromatic nitrogens is 5. The van der Waals surface area contributed by atoms with Gasteiger partial charge in [0.15, 0.2) is 16.6 Å². The van der Waals surface area contributed by atoms with Gasteiger partial charge in [-0.3, -0.25) is 10.1 Å². The Balaban J connectivity index is 1.90. The van der Waals surface area contributed by atoms with Crippen molar-refractivity contribution >= 4 is 28.0 Å². The lowest BCUT2D eigenvalue weighted by atomic mass is 10.3. The maximum atomic E-state index is 12.2. The van der Waals surface area contributed by atoms with Gasteiger partial charge in [-0.1, -0.05) is 0 Å². The lowest BCUT2D eigenvalue weighted by Crippen LogP contribution is -2.15. The monoisotopic (exact) mass is 288 g/mol. The summed E-state index contributed by atoms with van der Waals surface area (Å²) < 4.78 is 1.53. The van der Waals surface area contributed by atoms with Gasteiger partial charge in [0.25, 0.3) is 5.91 Å². The third-order valence-electron chi connectivity index (χ3n) is 2.90. The van der Waals surface area contributed by atoms with Crippen LogP contribution in [0, 0.1) is 20.8 Å². The van der Waals surface area contributed by atoms with Crippen molar-refractivity contribution in [1.82, 2.24) is 24.8 Å². The molecule has 0 fully saturated rings. The van der Waals surface area contributed by atoms with Crippen LogP contribution in [0.4, 0.5) is 5.13 Å². The molecule has 0 aliphatic carbocycles. The molecular weight excluding hydrogens is 276 g/mol.